The average Bonchev–Trinajstić information content (AvgIpc) is 2.61. The molecule has 6 heteroatoms. The molecule has 2 rings (SSSR count). The molecule has 1 N–H and O–H groups in total. The molecule has 0 heterocycles. The van der Waals surface area contributed by atoms with E-state index in [9.17, 15) is 9.59 Å². The molecule has 0 atom stereocenters. The monoisotopic (exact) mass is 340 g/mol. The van der Waals surface area contributed by atoms with Gasteiger partial charge >= 0.3 is 5.97 Å². The summed E-state index contributed by atoms with van der Waals surface area (Å²) in [5, 5.41) is 3.93. The van der Waals surface area contributed by atoms with E-state index in [1.165, 1.54) is 20.2 Å². The fourth-order valence-electron chi connectivity index (χ4n) is 2.14. The van der Waals surface area contributed by atoms with Crippen LogP contribution in [0.4, 0.5) is 0 Å². The summed E-state index contributed by atoms with van der Waals surface area (Å²) < 4.78 is 10.2. The maximum atomic E-state index is 11.8. The van der Waals surface area contributed by atoms with Gasteiger partial charge < -0.3 is 9.47 Å². The molecule has 0 radical (unpaired) electrons. The van der Waals surface area contributed by atoms with Gasteiger partial charge in [-0.3, -0.25) is 9.59 Å². The Labute approximate surface area is 146 Å². The van der Waals surface area contributed by atoms with Crippen LogP contribution in [0.1, 0.15) is 24.5 Å². The fraction of sp³-hybridized carbons (Fsp3) is 0.211. The summed E-state index contributed by atoms with van der Waals surface area (Å²) in [4.78, 5) is 22.8. The number of benzene rings is 2. The molecule has 0 aliphatic rings. The predicted octanol–water partition coefficient (Wildman–Crippen LogP) is 2.70. The quantitative estimate of drug-likeness (QED) is 0.364. The van der Waals surface area contributed by atoms with E-state index in [-0.39, 0.29) is 5.91 Å². The molecule has 0 aliphatic heterocycles. The van der Waals surface area contributed by atoms with Crippen molar-refractivity contribution < 1.29 is 19.1 Å². The molecule has 0 fully saturated rings. The fourth-order valence-corrected chi connectivity index (χ4v) is 2.14. The standard InChI is InChI=1S/C19H20N2O4/c1-14(22)25-17-10-8-16(12-18(17)24-2)13-20-21-19(23)11-9-15-6-4-3-5-7-15/h3-8,10,12-13H,9,11H2,1-2H3,(H,21,23)/b20-13-. The van der Waals surface area contributed by atoms with Crippen LogP contribution in [0.15, 0.2) is 53.6 Å². The lowest BCUT2D eigenvalue weighted by molar-refractivity contribution is -0.132. The third-order valence-corrected chi connectivity index (χ3v) is 3.33. The van der Waals surface area contributed by atoms with E-state index in [0.717, 1.165) is 5.56 Å². The first-order chi connectivity index (χ1) is 12.1. The molecule has 0 aliphatic carbocycles. The number of ether oxygens (including phenoxy) is 2. The van der Waals surface area contributed by atoms with Crippen molar-refractivity contribution in [2.75, 3.05) is 7.11 Å². The Kier molecular flexibility index (Phi) is 6.71. The summed E-state index contributed by atoms with van der Waals surface area (Å²) >= 11 is 0. The van der Waals surface area contributed by atoms with Crippen LogP contribution in [-0.4, -0.2) is 25.2 Å². The number of carbonyl (C=O) groups is 2. The minimum atomic E-state index is -0.426. The summed E-state index contributed by atoms with van der Waals surface area (Å²) in [6, 6.07) is 14.8. The van der Waals surface area contributed by atoms with Gasteiger partial charge in [0.05, 0.1) is 13.3 Å². The molecule has 1 amide bonds. The predicted molar refractivity (Wildman–Crippen MR) is 94.8 cm³/mol. The summed E-state index contributed by atoms with van der Waals surface area (Å²) in [7, 11) is 1.48. The highest BCUT2D eigenvalue weighted by molar-refractivity contribution is 5.83. The number of carbonyl (C=O) groups excluding carboxylic acids is 2. The van der Waals surface area contributed by atoms with Gasteiger partial charge in [-0.15, -0.1) is 0 Å². The highest BCUT2D eigenvalue weighted by Gasteiger charge is 2.07. The largest absolute Gasteiger partial charge is 0.493 e. The molecule has 2 aromatic rings. The zero-order valence-corrected chi connectivity index (χ0v) is 14.2. The minimum absolute atomic E-state index is 0.163. The second-order valence-electron chi connectivity index (χ2n) is 5.28. The Balaban J connectivity index is 1.88. The Morgan fingerprint density at radius 2 is 1.88 bits per heavy atom. The Morgan fingerprint density at radius 1 is 1.12 bits per heavy atom. The number of esters is 1. The molecular weight excluding hydrogens is 320 g/mol. The van der Waals surface area contributed by atoms with Crippen molar-refractivity contribution in [2.24, 2.45) is 5.10 Å². The first-order valence-corrected chi connectivity index (χ1v) is 7.81. The van der Waals surface area contributed by atoms with Gasteiger partial charge in [-0.1, -0.05) is 30.3 Å². The van der Waals surface area contributed by atoms with E-state index in [1.54, 1.807) is 18.2 Å². The van der Waals surface area contributed by atoms with Gasteiger partial charge in [0.25, 0.3) is 0 Å². The lowest BCUT2D eigenvalue weighted by atomic mass is 10.1. The van der Waals surface area contributed by atoms with Crippen molar-refractivity contribution in [1.29, 1.82) is 0 Å². The van der Waals surface area contributed by atoms with E-state index in [4.69, 9.17) is 9.47 Å². The summed E-state index contributed by atoms with van der Waals surface area (Å²) in [6.45, 7) is 1.32. The van der Waals surface area contributed by atoms with Crippen molar-refractivity contribution in [1.82, 2.24) is 5.43 Å². The highest BCUT2D eigenvalue weighted by Crippen LogP contribution is 2.27. The topological polar surface area (TPSA) is 77.0 Å². The third kappa shape index (κ3) is 6.10. The van der Waals surface area contributed by atoms with Crippen molar-refractivity contribution >= 4 is 18.1 Å². The van der Waals surface area contributed by atoms with Crippen LogP contribution in [0.25, 0.3) is 0 Å². The van der Waals surface area contributed by atoms with Gasteiger partial charge in [0.1, 0.15) is 0 Å². The average molecular weight is 340 g/mol. The second kappa shape index (κ2) is 9.22. The van der Waals surface area contributed by atoms with Crippen LogP contribution in [-0.2, 0) is 16.0 Å². The molecule has 0 spiro atoms. The molecular formula is C19H20N2O4. The number of hydrazone groups is 1. The lowest BCUT2D eigenvalue weighted by Crippen LogP contribution is -2.17. The Bertz CT molecular complexity index is 757. The first kappa shape index (κ1) is 18.2. The van der Waals surface area contributed by atoms with Gasteiger partial charge in [-0.2, -0.15) is 5.10 Å². The van der Waals surface area contributed by atoms with Crippen LogP contribution in [0.3, 0.4) is 0 Å². The number of nitrogens with one attached hydrogen (secondary N) is 1. The lowest BCUT2D eigenvalue weighted by Gasteiger charge is -2.08. The van der Waals surface area contributed by atoms with Crippen molar-refractivity contribution in [3.05, 3.63) is 59.7 Å². The summed E-state index contributed by atoms with van der Waals surface area (Å²) in [6.07, 6.45) is 2.52. The third-order valence-electron chi connectivity index (χ3n) is 3.33. The van der Waals surface area contributed by atoms with Gasteiger partial charge in [-0.05, 0) is 35.7 Å². The van der Waals surface area contributed by atoms with Gasteiger partial charge in [0, 0.05) is 13.3 Å². The highest BCUT2D eigenvalue weighted by atomic mass is 16.6. The van der Waals surface area contributed by atoms with Crippen LogP contribution < -0.4 is 14.9 Å². The smallest absolute Gasteiger partial charge is 0.308 e. The number of nitrogens with zero attached hydrogens (tertiary/aromatic N) is 1. The molecule has 2 aromatic carbocycles. The van der Waals surface area contributed by atoms with E-state index < -0.39 is 5.97 Å². The van der Waals surface area contributed by atoms with Crippen molar-refractivity contribution in [2.45, 2.75) is 19.8 Å². The van der Waals surface area contributed by atoms with E-state index in [1.807, 2.05) is 30.3 Å². The molecule has 0 bridgehead atoms. The molecule has 0 saturated carbocycles. The first-order valence-electron chi connectivity index (χ1n) is 7.81. The van der Waals surface area contributed by atoms with Crippen LogP contribution in [0.5, 0.6) is 11.5 Å². The maximum absolute atomic E-state index is 11.8. The Hall–Kier alpha value is -3.15. The van der Waals surface area contributed by atoms with Crippen LogP contribution in [0.2, 0.25) is 0 Å². The van der Waals surface area contributed by atoms with E-state index in [0.29, 0.717) is 29.9 Å². The molecule has 0 aromatic heterocycles. The Morgan fingerprint density at radius 3 is 2.56 bits per heavy atom. The number of rotatable bonds is 7. The van der Waals surface area contributed by atoms with Crippen LogP contribution in [0, 0.1) is 0 Å². The molecule has 0 saturated heterocycles. The number of amides is 1. The second-order valence-corrected chi connectivity index (χ2v) is 5.28. The number of methoxy groups -OCH3 is 1. The van der Waals surface area contributed by atoms with E-state index >= 15 is 0 Å². The van der Waals surface area contributed by atoms with Crippen LogP contribution >= 0.6 is 0 Å². The van der Waals surface area contributed by atoms with Crippen molar-refractivity contribution in [3.8, 4) is 11.5 Å². The minimum Gasteiger partial charge on any atom is -0.493 e. The number of aryl methyl sites for hydroxylation is 1. The summed E-state index contributed by atoms with van der Waals surface area (Å²) in [5.74, 6) is 0.155. The molecule has 25 heavy (non-hydrogen) atoms. The number of hydrogen-bond acceptors (Lipinski definition) is 5. The molecule has 130 valence electrons. The van der Waals surface area contributed by atoms with E-state index in [2.05, 4.69) is 10.5 Å². The maximum Gasteiger partial charge on any atom is 0.308 e. The van der Waals surface area contributed by atoms with Crippen molar-refractivity contribution in [3.63, 3.8) is 0 Å². The zero-order valence-electron chi connectivity index (χ0n) is 14.2. The van der Waals surface area contributed by atoms with Gasteiger partial charge in [0.15, 0.2) is 11.5 Å². The molecule has 0 unspecified atom stereocenters. The number of hydrogen-bond donors (Lipinski definition) is 1. The summed E-state index contributed by atoms with van der Waals surface area (Å²) in [5.41, 5.74) is 4.30. The van der Waals surface area contributed by atoms with Gasteiger partial charge in [-0.25, -0.2) is 5.43 Å². The zero-order chi connectivity index (χ0) is 18.1. The molecule has 6 nitrogen and oxygen atoms in total. The SMILES string of the molecule is COc1cc(/C=N\NC(=O)CCc2ccccc2)ccc1OC(C)=O. The van der Waals surface area contributed by atoms with Gasteiger partial charge in [0.2, 0.25) is 5.91 Å². The normalized spacial score (nSPS) is 10.5.